The molecule has 4 aromatic rings. The molecular weight excluding hydrogens is 1410 g/mol. The van der Waals surface area contributed by atoms with Crippen LogP contribution in [-0.4, -0.2) is 271 Å². The third-order valence-corrected chi connectivity index (χ3v) is 19.4. The van der Waals surface area contributed by atoms with Gasteiger partial charge in [0.15, 0.2) is 0 Å². The fourth-order valence-corrected chi connectivity index (χ4v) is 13.4. The predicted octanol–water partition coefficient (Wildman–Crippen LogP) is -2.01. The van der Waals surface area contributed by atoms with Crippen LogP contribution in [0.2, 0.25) is 0 Å². The van der Waals surface area contributed by atoms with Gasteiger partial charge < -0.3 is 110 Å². The van der Waals surface area contributed by atoms with Crippen molar-refractivity contribution in [1.82, 2.24) is 44.9 Å². The van der Waals surface area contributed by atoms with Gasteiger partial charge in [0, 0.05) is 139 Å². The summed E-state index contributed by atoms with van der Waals surface area (Å²) in [6.45, 7) is 9.81. The zero-order valence-electron chi connectivity index (χ0n) is 59.7. The van der Waals surface area contributed by atoms with Crippen LogP contribution in [-0.2, 0) is 41.0 Å². The highest BCUT2D eigenvalue weighted by molar-refractivity contribution is 7.59. The molecule has 0 spiro atoms. The van der Waals surface area contributed by atoms with Crippen molar-refractivity contribution in [3.63, 3.8) is 0 Å². The molecule has 11 heterocycles. The molecule has 20 N–H and O–H groups in total. The Morgan fingerprint density at radius 3 is 1.00 bits per heavy atom. The first kappa shape index (κ1) is 82.6. The van der Waals surface area contributed by atoms with Crippen molar-refractivity contribution in [3.05, 3.63) is 40.7 Å². The Morgan fingerprint density at radius 2 is 0.701 bits per heavy atom. The number of carboxylic acid groups (broad SMARTS) is 6. The number of carboxylic acids is 6. The first-order valence-electron chi connectivity index (χ1n) is 35.9. The van der Waals surface area contributed by atoms with Crippen molar-refractivity contribution >= 4 is 94.0 Å². The van der Waals surface area contributed by atoms with Crippen molar-refractivity contribution in [1.29, 1.82) is 0 Å². The van der Waals surface area contributed by atoms with Gasteiger partial charge in [-0.2, -0.15) is 44.9 Å². The second kappa shape index (κ2) is 40.0. The zero-order valence-corrected chi connectivity index (χ0v) is 60.5. The van der Waals surface area contributed by atoms with Crippen molar-refractivity contribution in [2.45, 2.75) is 151 Å². The Balaban J connectivity index is 0.000000180. The molecule has 8 aliphatic heterocycles. The Bertz CT molecular complexity index is 3760. The number of rotatable bonds is 16. The van der Waals surface area contributed by atoms with Gasteiger partial charge in [-0.1, -0.05) is 23.7 Å². The van der Waals surface area contributed by atoms with Gasteiger partial charge >= 0.3 is 46.4 Å². The minimum atomic E-state index is -3.11. The van der Waals surface area contributed by atoms with Gasteiger partial charge in [-0.05, 0) is 115 Å². The third-order valence-electron chi connectivity index (χ3n) is 19.4. The second-order valence-corrected chi connectivity index (χ2v) is 27.7. The minimum Gasteiger partial charge on any atom is -0.481 e. The number of aryl methyl sites for hydroxylation is 1. The Kier molecular flexibility index (Phi) is 30.9. The molecular formula is C67H98N24O15S. The topological polar surface area (TPSA) is 599 Å². The molecule has 0 radical (unpaired) electrons. The summed E-state index contributed by atoms with van der Waals surface area (Å²) >= 11 is 0. The summed E-state index contributed by atoms with van der Waals surface area (Å²) in [5.74, 6) is 9.32. The molecule has 0 bridgehead atoms. The maximum Gasteiger partial charge on any atom is 0.425 e. The highest BCUT2D eigenvalue weighted by Crippen LogP contribution is 2.32. The number of aromatic carboxylic acids is 1. The lowest BCUT2D eigenvalue weighted by atomic mass is 9.97. The smallest absolute Gasteiger partial charge is 0.425 e. The lowest BCUT2D eigenvalue weighted by molar-refractivity contribution is -0.143. The van der Waals surface area contributed by atoms with Gasteiger partial charge in [0.25, 0.3) is 0 Å². The minimum absolute atomic E-state index is 0.0125. The van der Waals surface area contributed by atoms with E-state index in [-0.39, 0.29) is 79.0 Å². The fraction of sp³-hybridized carbons (Fsp3) is 0.627. The summed E-state index contributed by atoms with van der Waals surface area (Å²) in [6.07, 6.45) is 11.7. The molecule has 8 aliphatic rings. The maximum atomic E-state index is 11.8. The summed E-state index contributed by atoms with van der Waals surface area (Å²) in [7, 11) is -3.11. The van der Waals surface area contributed by atoms with Gasteiger partial charge in [-0.25, -0.2) is 14.4 Å². The van der Waals surface area contributed by atoms with E-state index >= 15 is 0 Å². The average Bonchev–Trinajstić information content (AvgIpc) is 1.73. The van der Waals surface area contributed by atoms with Crippen molar-refractivity contribution < 1.29 is 72.0 Å². The number of anilines is 8. The average molecular weight is 1510 g/mol. The van der Waals surface area contributed by atoms with E-state index < -0.39 is 58.5 Å². The number of hydrogen-bond donors (Lipinski definition) is 13. The standard InChI is InChI=1S/C20H31N7O4.C18H28N8O4.C16H27N7O2.C13H12N2O2.O3S/c21-15-5-11-27(12-6-15)20-23-18(25-7-1-13(2-8-25)16(28)29)22-19(24-20)26-9-3-14(4-10-26)17(30)31;19-10-6-12(14(27)28)25(8-10)17-21-16(24-4-2-1-3-5-24)22-18(23-17)26-9-11(20)7-13(26)15(29)30;17-11-3-7-22(8-4-11)15-19-13(1-2-14(24)25)20-16(21-15)23-9-5-12(18)6-10-23;14-5-1-3-10-7-11(4-2-6-15)9-12(8-10)13(16)17;1-4(2)3/h13-15H,1-12,21H2,(H,28,29)(H,30,31);10-13H,1-9,19-20H2,(H,27,28)(H,29,30);11-12H,1-10,17-18H2,(H,24,25);7-9H,5-6,14-15H2,(H,16,17);. The first-order valence-corrected chi connectivity index (χ1v) is 36.9. The van der Waals surface area contributed by atoms with Crippen LogP contribution in [0.1, 0.15) is 130 Å². The maximum absolute atomic E-state index is 11.8. The molecule has 0 saturated carbocycles. The van der Waals surface area contributed by atoms with Crippen molar-refractivity contribution in [3.8, 4) is 23.7 Å². The lowest BCUT2D eigenvalue weighted by Gasteiger charge is -2.35. The van der Waals surface area contributed by atoms with Crippen LogP contribution in [0.25, 0.3) is 0 Å². The number of nitrogens with zero attached hydrogens (tertiary/aromatic N) is 17. The van der Waals surface area contributed by atoms with E-state index in [1.54, 1.807) is 15.9 Å². The van der Waals surface area contributed by atoms with Crippen LogP contribution in [0.4, 0.5) is 47.6 Å². The van der Waals surface area contributed by atoms with Crippen LogP contribution in [0.5, 0.6) is 0 Å². The normalized spacial score (nSPS) is 20.9. The van der Waals surface area contributed by atoms with E-state index in [0.717, 1.165) is 110 Å². The highest BCUT2D eigenvalue weighted by Gasteiger charge is 2.41. The summed E-state index contributed by atoms with van der Waals surface area (Å²) < 4.78 is 25.3. The molecule has 1 aromatic carbocycles. The molecule has 12 rings (SSSR count). The van der Waals surface area contributed by atoms with Crippen molar-refractivity contribution in [2.24, 2.45) is 52.0 Å². The summed E-state index contributed by atoms with van der Waals surface area (Å²) in [5, 5.41) is 55.7. The molecule has 582 valence electrons. The monoisotopic (exact) mass is 1510 g/mol. The molecule has 0 aliphatic carbocycles. The number of nitrogens with two attached hydrogens (primary N) is 7. The molecule has 40 heteroatoms. The molecule has 0 amide bonds. The van der Waals surface area contributed by atoms with Gasteiger partial charge in [0.2, 0.25) is 47.6 Å². The molecule has 107 heavy (non-hydrogen) atoms. The van der Waals surface area contributed by atoms with Gasteiger partial charge in [-0.3, -0.25) is 14.4 Å². The molecule has 8 saturated heterocycles. The number of carbonyl (C=O) groups is 6. The number of hydrogen-bond acceptors (Lipinski definition) is 33. The van der Waals surface area contributed by atoms with Crippen molar-refractivity contribution in [2.75, 3.05) is 144 Å². The van der Waals surface area contributed by atoms with Crippen LogP contribution >= 0.6 is 0 Å². The Hall–Kier alpha value is -10.1. The number of benzene rings is 1. The van der Waals surface area contributed by atoms with Crippen LogP contribution in [0.3, 0.4) is 0 Å². The lowest BCUT2D eigenvalue weighted by Crippen LogP contribution is -2.42. The second-order valence-electron chi connectivity index (χ2n) is 27.3. The Labute approximate surface area is 620 Å². The van der Waals surface area contributed by atoms with E-state index in [1.807, 2.05) is 14.7 Å². The molecule has 3 aromatic heterocycles. The van der Waals surface area contributed by atoms with E-state index in [0.29, 0.717) is 137 Å². The van der Waals surface area contributed by atoms with E-state index in [1.165, 1.54) is 12.1 Å². The predicted molar refractivity (Wildman–Crippen MR) is 393 cm³/mol. The molecule has 4 atom stereocenters. The van der Waals surface area contributed by atoms with E-state index in [4.69, 9.17) is 77.9 Å². The van der Waals surface area contributed by atoms with Crippen LogP contribution < -0.4 is 79.3 Å². The summed E-state index contributed by atoms with van der Waals surface area (Å²) in [4.78, 5) is 125. The summed E-state index contributed by atoms with van der Waals surface area (Å²) in [5.41, 5.74) is 41.9. The molecule has 39 nitrogen and oxygen atoms in total. The van der Waals surface area contributed by atoms with Crippen LogP contribution in [0, 0.1) is 35.5 Å². The quantitative estimate of drug-likeness (QED) is 0.0539. The first-order chi connectivity index (χ1) is 51.1. The van der Waals surface area contributed by atoms with Gasteiger partial charge in [-0.15, -0.1) is 12.6 Å². The fourth-order valence-electron chi connectivity index (χ4n) is 13.4. The molecule has 8 fully saturated rings. The van der Waals surface area contributed by atoms with E-state index in [9.17, 15) is 49.2 Å². The molecule has 4 unspecified atom stereocenters. The van der Waals surface area contributed by atoms with Gasteiger partial charge in [0.1, 0.15) is 17.9 Å². The largest absolute Gasteiger partial charge is 0.481 e. The highest BCUT2D eigenvalue weighted by atomic mass is 32.2. The number of aliphatic carboxylic acids is 5. The zero-order chi connectivity index (χ0) is 77.4. The third kappa shape index (κ3) is 24.7. The number of piperidine rings is 6. The summed E-state index contributed by atoms with van der Waals surface area (Å²) in [6, 6.07) is 3.05. The van der Waals surface area contributed by atoms with Gasteiger partial charge in [0.05, 0.1) is 36.9 Å². The van der Waals surface area contributed by atoms with Crippen LogP contribution in [0.15, 0.2) is 18.2 Å². The number of aromatic nitrogens is 9. The SMILES string of the molecule is NC1CC(C(=O)O)N(c2nc(N3CCCCC3)nc(N3CC(N)CC3C(=O)O)n2)C1.NC1CCN(c2nc(CCC(=O)O)nc(N3CCC(N)CC3)n2)CC1.NC1CCN(c2nc(N3CCC(C(=O)O)CC3)nc(N3CCC(C(=O)O)CC3)n2)CC1.NCC#Cc1cc(C#CCN)cc(C(=O)O)c1.O=S(=O)=O. The van der Waals surface area contributed by atoms with E-state index in [2.05, 4.69) is 68.3 Å². The Morgan fingerprint density at radius 1 is 0.402 bits per heavy atom.